The first-order chi connectivity index (χ1) is 7.90. The molecule has 2 aromatic rings. The van der Waals surface area contributed by atoms with Gasteiger partial charge < -0.3 is 9.88 Å². The van der Waals surface area contributed by atoms with Crippen LogP contribution in [0, 0.1) is 0 Å². The van der Waals surface area contributed by atoms with Crippen molar-refractivity contribution in [3.8, 4) is 0 Å². The molecule has 86 valence electrons. The second kappa shape index (κ2) is 5.36. The zero-order valence-electron chi connectivity index (χ0n) is 9.22. The fraction of sp³-hybridized carbons (Fsp3) is 0.556. The minimum absolute atomic E-state index is 0.593. The summed E-state index contributed by atoms with van der Waals surface area (Å²) in [5, 5.41) is 16.8. The smallest absolute Gasteiger partial charge is 0.188 e. The van der Waals surface area contributed by atoms with Crippen LogP contribution in [0.5, 0.6) is 0 Å². The Morgan fingerprint density at radius 3 is 3.12 bits per heavy atom. The summed E-state index contributed by atoms with van der Waals surface area (Å²) in [5.41, 5.74) is 0. The molecule has 0 amide bonds. The zero-order valence-corrected chi connectivity index (χ0v) is 9.22. The van der Waals surface area contributed by atoms with Crippen molar-refractivity contribution in [2.45, 2.75) is 33.0 Å². The molecular weight excluding hydrogens is 206 g/mol. The fourth-order valence-corrected chi connectivity index (χ4v) is 1.50. The van der Waals surface area contributed by atoms with Crippen LogP contribution in [0.3, 0.4) is 0 Å². The van der Waals surface area contributed by atoms with Crippen molar-refractivity contribution in [1.29, 1.82) is 0 Å². The van der Waals surface area contributed by atoms with Crippen molar-refractivity contribution in [3.05, 3.63) is 24.0 Å². The molecule has 0 aromatic carbocycles. The summed E-state index contributed by atoms with van der Waals surface area (Å²) >= 11 is 0. The van der Waals surface area contributed by atoms with E-state index in [1.165, 1.54) is 0 Å². The molecule has 0 atom stereocenters. The summed E-state index contributed by atoms with van der Waals surface area (Å²) < 4.78 is 2.14. The number of nitrogens with one attached hydrogen (secondary N) is 2. The summed E-state index contributed by atoms with van der Waals surface area (Å²) in [5.74, 6) is 1.69. The highest BCUT2D eigenvalue weighted by atomic mass is 15.5. The Balaban J connectivity index is 1.82. The number of H-pyrrole nitrogens is 1. The van der Waals surface area contributed by atoms with Gasteiger partial charge in [0.15, 0.2) is 5.82 Å². The number of hydrogen-bond donors (Lipinski definition) is 2. The molecule has 0 aliphatic rings. The second-order valence-electron chi connectivity index (χ2n) is 3.47. The minimum atomic E-state index is 0.593. The first-order valence-corrected chi connectivity index (χ1v) is 5.33. The monoisotopic (exact) mass is 221 g/mol. The molecule has 0 aliphatic heterocycles. The van der Waals surface area contributed by atoms with Gasteiger partial charge in [-0.05, 0) is 6.42 Å². The quantitative estimate of drug-likeness (QED) is 0.722. The van der Waals surface area contributed by atoms with Crippen LogP contribution in [-0.2, 0) is 19.6 Å². The molecule has 7 nitrogen and oxygen atoms in total. The van der Waals surface area contributed by atoms with Crippen LogP contribution in [0.15, 0.2) is 12.4 Å². The average molecular weight is 221 g/mol. The predicted molar refractivity (Wildman–Crippen MR) is 57.2 cm³/mol. The number of aromatic amines is 1. The van der Waals surface area contributed by atoms with E-state index in [1.54, 1.807) is 0 Å². The van der Waals surface area contributed by atoms with Gasteiger partial charge in [0.1, 0.15) is 5.82 Å². The summed E-state index contributed by atoms with van der Waals surface area (Å²) in [6.07, 6.45) is 4.92. The Hall–Kier alpha value is -1.76. The molecule has 2 rings (SSSR count). The van der Waals surface area contributed by atoms with Crippen molar-refractivity contribution < 1.29 is 0 Å². The van der Waals surface area contributed by atoms with E-state index in [0.717, 1.165) is 18.8 Å². The van der Waals surface area contributed by atoms with Gasteiger partial charge in [-0.15, -0.1) is 10.2 Å². The van der Waals surface area contributed by atoms with Crippen molar-refractivity contribution in [1.82, 2.24) is 35.5 Å². The Kier molecular flexibility index (Phi) is 3.60. The Labute approximate surface area is 93.3 Å². The Morgan fingerprint density at radius 1 is 1.44 bits per heavy atom. The van der Waals surface area contributed by atoms with E-state index >= 15 is 0 Å². The fourth-order valence-electron chi connectivity index (χ4n) is 1.50. The molecule has 0 unspecified atom stereocenters. The number of nitrogens with zero attached hydrogens (tertiary/aromatic N) is 5. The molecule has 0 fully saturated rings. The number of rotatable bonds is 6. The molecule has 0 saturated heterocycles. The Bertz CT molecular complexity index is 405. The van der Waals surface area contributed by atoms with Gasteiger partial charge in [-0.25, -0.2) is 4.98 Å². The van der Waals surface area contributed by atoms with Gasteiger partial charge >= 0.3 is 0 Å². The summed E-state index contributed by atoms with van der Waals surface area (Å²) in [6.45, 7) is 4.45. The number of tetrazole rings is 1. The van der Waals surface area contributed by atoms with E-state index < -0.39 is 0 Å². The maximum Gasteiger partial charge on any atom is 0.188 e. The van der Waals surface area contributed by atoms with Crippen LogP contribution in [0.1, 0.15) is 25.0 Å². The van der Waals surface area contributed by atoms with Crippen LogP contribution in [0.2, 0.25) is 0 Å². The molecule has 2 heterocycles. The predicted octanol–water partition coefficient (Wildman–Crippen LogP) is 0.0960. The van der Waals surface area contributed by atoms with E-state index in [2.05, 4.69) is 42.4 Å². The lowest BCUT2D eigenvalue weighted by molar-refractivity contribution is 0.580. The molecule has 7 heteroatoms. The number of aryl methyl sites for hydroxylation is 1. The van der Waals surface area contributed by atoms with E-state index in [0.29, 0.717) is 18.9 Å². The van der Waals surface area contributed by atoms with E-state index in [4.69, 9.17) is 0 Å². The lowest BCUT2D eigenvalue weighted by Gasteiger charge is -2.06. The summed E-state index contributed by atoms with van der Waals surface area (Å²) in [4.78, 5) is 4.29. The third-order valence-corrected chi connectivity index (χ3v) is 2.22. The standard InChI is InChI=1S/C9H15N7/c1-2-4-16-5-3-11-9(16)7-10-6-8-12-14-15-13-8/h3,5,10H,2,4,6-7H2,1H3,(H,12,13,14,15). The molecule has 2 aromatic heterocycles. The molecule has 0 spiro atoms. The van der Waals surface area contributed by atoms with Crippen molar-refractivity contribution in [3.63, 3.8) is 0 Å². The highest BCUT2D eigenvalue weighted by molar-refractivity contribution is 4.92. The SMILES string of the molecule is CCCn1ccnc1CNCc1nn[nH]n1. The van der Waals surface area contributed by atoms with E-state index in [1.807, 2.05) is 12.4 Å². The molecule has 0 bridgehead atoms. The third-order valence-electron chi connectivity index (χ3n) is 2.22. The van der Waals surface area contributed by atoms with Crippen LogP contribution < -0.4 is 5.32 Å². The normalized spacial score (nSPS) is 10.8. The van der Waals surface area contributed by atoms with Crippen LogP contribution in [-0.4, -0.2) is 30.2 Å². The summed E-state index contributed by atoms with van der Waals surface area (Å²) in [7, 11) is 0. The van der Waals surface area contributed by atoms with Crippen LogP contribution in [0.4, 0.5) is 0 Å². The van der Waals surface area contributed by atoms with Crippen LogP contribution in [0.25, 0.3) is 0 Å². The highest BCUT2D eigenvalue weighted by Gasteiger charge is 2.02. The minimum Gasteiger partial charge on any atom is -0.334 e. The van der Waals surface area contributed by atoms with Gasteiger partial charge in [-0.1, -0.05) is 12.1 Å². The molecule has 0 radical (unpaired) electrons. The molecule has 2 N–H and O–H groups in total. The van der Waals surface area contributed by atoms with Gasteiger partial charge in [0.05, 0.1) is 13.1 Å². The molecule has 16 heavy (non-hydrogen) atoms. The van der Waals surface area contributed by atoms with Crippen molar-refractivity contribution >= 4 is 0 Å². The first kappa shape index (κ1) is 10.7. The third kappa shape index (κ3) is 2.63. The average Bonchev–Trinajstić information content (AvgIpc) is 2.91. The highest BCUT2D eigenvalue weighted by Crippen LogP contribution is 1.99. The Morgan fingerprint density at radius 2 is 2.38 bits per heavy atom. The maximum absolute atomic E-state index is 4.29. The zero-order chi connectivity index (χ0) is 11.2. The number of aromatic nitrogens is 6. The molecule has 0 saturated carbocycles. The van der Waals surface area contributed by atoms with Crippen molar-refractivity contribution in [2.24, 2.45) is 0 Å². The van der Waals surface area contributed by atoms with Gasteiger partial charge in [0, 0.05) is 18.9 Å². The van der Waals surface area contributed by atoms with E-state index in [-0.39, 0.29) is 0 Å². The van der Waals surface area contributed by atoms with Gasteiger partial charge in [-0.2, -0.15) is 5.21 Å². The number of hydrogen-bond acceptors (Lipinski definition) is 5. The summed E-state index contributed by atoms with van der Waals surface area (Å²) in [6, 6.07) is 0. The lowest BCUT2D eigenvalue weighted by atomic mass is 10.4. The lowest BCUT2D eigenvalue weighted by Crippen LogP contribution is -2.17. The maximum atomic E-state index is 4.29. The molecular formula is C9H15N7. The molecule has 0 aliphatic carbocycles. The van der Waals surface area contributed by atoms with Crippen molar-refractivity contribution in [2.75, 3.05) is 0 Å². The van der Waals surface area contributed by atoms with E-state index in [9.17, 15) is 0 Å². The van der Waals surface area contributed by atoms with Gasteiger partial charge in [-0.3, -0.25) is 0 Å². The second-order valence-corrected chi connectivity index (χ2v) is 3.47. The van der Waals surface area contributed by atoms with Crippen LogP contribution >= 0.6 is 0 Å². The van der Waals surface area contributed by atoms with Gasteiger partial charge in [0.25, 0.3) is 0 Å². The largest absolute Gasteiger partial charge is 0.334 e. The first-order valence-electron chi connectivity index (χ1n) is 5.33. The topological polar surface area (TPSA) is 84.3 Å². The number of imidazole rings is 1. The van der Waals surface area contributed by atoms with Gasteiger partial charge in [0.2, 0.25) is 0 Å².